The second-order valence-corrected chi connectivity index (χ2v) is 10.2. The van der Waals surface area contributed by atoms with Crippen molar-refractivity contribution in [3.8, 4) is 11.3 Å². The second kappa shape index (κ2) is 8.24. The molecule has 0 fully saturated rings. The van der Waals surface area contributed by atoms with E-state index in [1.165, 1.54) is 35.6 Å². The Balaban J connectivity index is 1.46. The molecule has 4 aromatic rings. The molecule has 6 nitrogen and oxygen atoms in total. The van der Waals surface area contributed by atoms with Crippen molar-refractivity contribution < 1.29 is 17.6 Å². The van der Waals surface area contributed by atoms with E-state index in [0.29, 0.717) is 5.69 Å². The Kier molecular flexibility index (Phi) is 5.63. The molecule has 160 valence electrons. The molecule has 0 radical (unpaired) electrons. The van der Waals surface area contributed by atoms with Crippen molar-refractivity contribution >= 4 is 32.0 Å². The lowest BCUT2D eigenvalue weighted by molar-refractivity contribution is -0.121. The molecule has 0 aliphatic rings. The summed E-state index contributed by atoms with van der Waals surface area (Å²) in [6.07, 6.45) is 3.17. The number of carbonyl (C=O) groups excluding carboxylic acids is 1. The molecule has 0 saturated carbocycles. The molecule has 0 spiro atoms. The van der Waals surface area contributed by atoms with Gasteiger partial charge in [0.1, 0.15) is 5.82 Å². The maximum absolute atomic E-state index is 13.2. The number of nitrogens with one attached hydrogen (secondary N) is 1. The van der Waals surface area contributed by atoms with Gasteiger partial charge in [-0.15, -0.1) is 11.3 Å². The number of amides is 1. The van der Waals surface area contributed by atoms with Crippen LogP contribution in [0.3, 0.4) is 0 Å². The predicted molar refractivity (Wildman–Crippen MR) is 118 cm³/mol. The van der Waals surface area contributed by atoms with Crippen LogP contribution < -0.4 is 5.32 Å². The summed E-state index contributed by atoms with van der Waals surface area (Å²) >= 11 is 1.43. The summed E-state index contributed by atoms with van der Waals surface area (Å²) in [6, 6.07) is 12.3. The van der Waals surface area contributed by atoms with Crippen LogP contribution in [0, 0.1) is 5.82 Å². The maximum atomic E-state index is 13.2. The monoisotopic (exact) mass is 457 g/mol. The molecule has 2 heterocycles. The SMILES string of the molecule is C[C@@H](NC(=O)Cc1csc2nc(-c3ccc(F)cc3)cn12)c1ccc(S(C)(=O)=O)cc1. The fourth-order valence-electron chi connectivity index (χ4n) is 3.26. The van der Waals surface area contributed by atoms with Crippen molar-refractivity contribution in [3.05, 3.63) is 77.2 Å². The summed E-state index contributed by atoms with van der Waals surface area (Å²) in [5, 5.41) is 4.83. The average Bonchev–Trinajstić information content (AvgIpc) is 3.30. The maximum Gasteiger partial charge on any atom is 0.226 e. The van der Waals surface area contributed by atoms with Gasteiger partial charge in [0.05, 0.1) is 23.1 Å². The molecule has 0 aliphatic heterocycles. The third-order valence-corrected chi connectivity index (χ3v) is 6.97. The Morgan fingerprint density at radius 2 is 1.84 bits per heavy atom. The van der Waals surface area contributed by atoms with Gasteiger partial charge in [0.15, 0.2) is 14.8 Å². The highest BCUT2D eigenvalue weighted by Gasteiger charge is 2.15. The van der Waals surface area contributed by atoms with Crippen LogP contribution in [0.25, 0.3) is 16.2 Å². The topological polar surface area (TPSA) is 80.5 Å². The fraction of sp³-hybridized carbons (Fsp3) is 0.182. The third-order valence-electron chi connectivity index (χ3n) is 4.95. The summed E-state index contributed by atoms with van der Waals surface area (Å²) in [7, 11) is -3.26. The Bertz CT molecular complexity index is 1340. The quantitative estimate of drug-likeness (QED) is 0.474. The average molecular weight is 458 g/mol. The summed E-state index contributed by atoms with van der Waals surface area (Å²) < 4.78 is 38.2. The Hall–Kier alpha value is -3.04. The molecular weight excluding hydrogens is 437 g/mol. The normalized spacial score (nSPS) is 12.7. The number of thiazole rings is 1. The number of rotatable bonds is 6. The van der Waals surface area contributed by atoms with E-state index in [1.807, 2.05) is 22.9 Å². The number of fused-ring (bicyclic) bond motifs is 1. The molecule has 0 saturated heterocycles. The van der Waals surface area contributed by atoms with Gasteiger partial charge in [-0.05, 0) is 48.9 Å². The number of carbonyl (C=O) groups is 1. The van der Waals surface area contributed by atoms with Crippen molar-refractivity contribution in [1.82, 2.24) is 14.7 Å². The smallest absolute Gasteiger partial charge is 0.226 e. The number of hydrogen-bond donors (Lipinski definition) is 1. The highest BCUT2D eigenvalue weighted by atomic mass is 32.2. The van der Waals surface area contributed by atoms with Crippen molar-refractivity contribution in [2.45, 2.75) is 24.3 Å². The van der Waals surface area contributed by atoms with Crippen LogP contribution >= 0.6 is 11.3 Å². The van der Waals surface area contributed by atoms with E-state index < -0.39 is 9.84 Å². The summed E-state index contributed by atoms with van der Waals surface area (Å²) in [6.45, 7) is 1.85. The first-order valence-corrected chi connectivity index (χ1v) is 12.3. The van der Waals surface area contributed by atoms with Crippen molar-refractivity contribution in [2.75, 3.05) is 6.26 Å². The number of nitrogens with zero attached hydrogens (tertiary/aromatic N) is 2. The first-order valence-electron chi connectivity index (χ1n) is 9.51. The zero-order valence-electron chi connectivity index (χ0n) is 16.9. The van der Waals surface area contributed by atoms with Gasteiger partial charge in [-0.25, -0.2) is 17.8 Å². The zero-order valence-corrected chi connectivity index (χ0v) is 18.5. The summed E-state index contributed by atoms with van der Waals surface area (Å²) in [5.41, 5.74) is 3.14. The van der Waals surface area contributed by atoms with E-state index in [9.17, 15) is 17.6 Å². The summed E-state index contributed by atoms with van der Waals surface area (Å²) in [5.74, 6) is -0.460. The Morgan fingerprint density at radius 3 is 2.48 bits per heavy atom. The lowest BCUT2D eigenvalue weighted by atomic mass is 10.1. The zero-order chi connectivity index (χ0) is 22.2. The molecule has 0 aliphatic carbocycles. The highest BCUT2D eigenvalue weighted by Crippen LogP contribution is 2.24. The van der Waals surface area contributed by atoms with Crippen LogP contribution in [-0.4, -0.2) is 30.0 Å². The van der Waals surface area contributed by atoms with E-state index >= 15 is 0 Å². The minimum atomic E-state index is -3.26. The van der Waals surface area contributed by atoms with E-state index in [1.54, 1.807) is 24.3 Å². The first kappa shape index (κ1) is 21.2. The molecule has 1 N–H and O–H groups in total. The van der Waals surface area contributed by atoms with Gasteiger partial charge < -0.3 is 5.32 Å². The van der Waals surface area contributed by atoms with Gasteiger partial charge in [-0.2, -0.15) is 0 Å². The standard InChI is InChI=1S/C22H20FN3O3S2/c1-14(15-5-9-19(10-6-15)31(2,28)29)24-21(27)11-18-13-30-22-25-20(12-26(18)22)16-3-7-17(23)8-4-16/h3-10,12-14H,11H2,1-2H3,(H,24,27)/t14-/m1/s1. The lowest BCUT2D eigenvalue weighted by Crippen LogP contribution is -2.28. The van der Waals surface area contributed by atoms with Gasteiger partial charge in [0.25, 0.3) is 0 Å². The van der Waals surface area contributed by atoms with E-state index in [-0.39, 0.29) is 29.1 Å². The van der Waals surface area contributed by atoms with Crippen molar-refractivity contribution in [1.29, 1.82) is 0 Å². The fourth-order valence-corrected chi connectivity index (χ4v) is 4.76. The van der Waals surface area contributed by atoms with Crippen LogP contribution in [0.4, 0.5) is 4.39 Å². The van der Waals surface area contributed by atoms with Crippen LogP contribution in [0.1, 0.15) is 24.2 Å². The first-order chi connectivity index (χ1) is 14.7. The number of hydrogen-bond acceptors (Lipinski definition) is 5. The molecule has 1 atom stereocenters. The van der Waals surface area contributed by atoms with Gasteiger partial charge in [0, 0.05) is 29.1 Å². The lowest BCUT2D eigenvalue weighted by Gasteiger charge is -2.14. The largest absolute Gasteiger partial charge is 0.349 e. The van der Waals surface area contributed by atoms with Gasteiger partial charge in [-0.3, -0.25) is 9.20 Å². The minimum absolute atomic E-state index is 0.156. The van der Waals surface area contributed by atoms with E-state index in [2.05, 4.69) is 10.3 Å². The number of benzene rings is 2. The predicted octanol–water partition coefficient (Wildman–Crippen LogP) is 4.03. The van der Waals surface area contributed by atoms with Crippen molar-refractivity contribution in [3.63, 3.8) is 0 Å². The van der Waals surface area contributed by atoms with Crippen molar-refractivity contribution in [2.24, 2.45) is 0 Å². The molecule has 2 aromatic carbocycles. The van der Waals surface area contributed by atoms with E-state index in [0.717, 1.165) is 28.0 Å². The second-order valence-electron chi connectivity index (χ2n) is 7.32. The van der Waals surface area contributed by atoms with Crippen LogP contribution in [0.15, 0.2) is 65.0 Å². The number of halogens is 1. The van der Waals surface area contributed by atoms with Gasteiger partial charge in [-0.1, -0.05) is 12.1 Å². The molecule has 2 aromatic heterocycles. The molecule has 31 heavy (non-hydrogen) atoms. The van der Waals surface area contributed by atoms with Gasteiger partial charge in [0.2, 0.25) is 5.91 Å². The third kappa shape index (κ3) is 4.67. The minimum Gasteiger partial charge on any atom is -0.349 e. The molecule has 0 bridgehead atoms. The Morgan fingerprint density at radius 1 is 1.16 bits per heavy atom. The highest BCUT2D eigenvalue weighted by molar-refractivity contribution is 7.90. The summed E-state index contributed by atoms with van der Waals surface area (Å²) in [4.78, 5) is 18.2. The Labute approximate surface area is 183 Å². The van der Waals surface area contributed by atoms with Gasteiger partial charge >= 0.3 is 0 Å². The number of imidazole rings is 1. The number of aromatic nitrogens is 2. The van der Waals surface area contributed by atoms with Crippen LogP contribution in [-0.2, 0) is 21.1 Å². The molecule has 4 rings (SSSR count). The molecule has 0 unspecified atom stereocenters. The number of sulfone groups is 1. The van der Waals surface area contributed by atoms with Crippen LogP contribution in [0.2, 0.25) is 0 Å². The van der Waals surface area contributed by atoms with E-state index in [4.69, 9.17) is 0 Å². The molecule has 1 amide bonds. The molecular formula is C22H20FN3O3S2. The molecule has 9 heteroatoms. The van der Waals surface area contributed by atoms with Crippen LogP contribution in [0.5, 0.6) is 0 Å².